The van der Waals surface area contributed by atoms with Crippen molar-refractivity contribution in [2.24, 2.45) is 4.99 Å². The fraction of sp³-hybridized carbons (Fsp3) is 0.762. The molecule has 0 aliphatic carbocycles. The molecule has 1 fully saturated rings. The van der Waals surface area contributed by atoms with Gasteiger partial charge in [0, 0.05) is 64.8 Å². The molecule has 1 amide bonds. The van der Waals surface area contributed by atoms with E-state index in [1.165, 1.54) is 0 Å². The van der Waals surface area contributed by atoms with Crippen molar-refractivity contribution >= 4 is 36.0 Å². The van der Waals surface area contributed by atoms with Crippen LogP contribution >= 0.6 is 24.0 Å². The highest BCUT2D eigenvalue weighted by Crippen LogP contribution is 2.11. The highest BCUT2D eigenvalue weighted by Gasteiger charge is 2.25. The smallest absolute Gasteiger partial charge is 0.410 e. The molecular formula is C21H40IN7O2. The van der Waals surface area contributed by atoms with E-state index in [2.05, 4.69) is 32.5 Å². The molecule has 0 atom stereocenters. The molecule has 2 N–H and O–H groups in total. The van der Waals surface area contributed by atoms with Crippen molar-refractivity contribution in [2.45, 2.75) is 52.7 Å². The number of guanidine groups is 1. The molecule has 1 aliphatic rings. The minimum atomic E-state index is -0.440. The first kappa shape index (κ1) is 27.5. The van der Waals surface area contributed by atoms with Gasteiger partial charge in [-0.25, -0.2) is 4.79 Å². The zero-order chi connectivity index (χ0) is 21.8. The third-order valence-electron chi connectivity index (χ3n) is 4.69. The maximum Gasteiger partial charge on any atom is 0.410 e. The van der Waals surface area contributed by atoms with Crippen LogP contribution in [0.3, 0.4) is 0 Å². The van der Waals surface area contributed by atoms with Gasteiger partial charge in [-0.15, -0.1) is 24.0 Å². The van der Waals surface area contributed by atoms with E-state index < -0.39 is 5.60 Å². The number of carbonyl (C=O) groups is 1. The van der Waals surface area contributed by atoms with Crippen molar-refractivity contribution in [2.75, 3.05) is 52.4 Å². The molecule has 1 aromatic heterocycles. The first-order chi connectivity index (χ1) is 14.4. The number of nitrogens with one attached hydrogen (secondary N) is 2. The Morgan fingerprint density at radius 1 is 1.13 bits per heavy atom. The second-order valence-electron chi connectivity index (χ2n) is 8.47. The van der Waals surface area contributed by atoms with Crippen LogP contribution < -0.4 is 10.6 Å². The molecule has 0 saturated carbocycles. The molecule has 1 aliphatic heterocycles. The number of ether oxygens (including phenoxy) is 1. The zero-order valence-corrected chi connectivity index (χ0v) is 21.8. The minimum Gasteiger partial charge on any atom is -0.444 e. The van der Waals surface area contributed by atoms with Crippen LogP contribution in [-0.2, 0) is 11.3 Å². The van der Waals surface area contributed by atoms with Crippen molar-refractivity contribution in [1.29, 1.82) is 0 Å². The molecule has 0 bridgehead atoms. The number of aromatic nitrogens is 2. The first-order valence-corrected chi connectivity index (χ1v) is 11.1. The lowest BCUT2D eigenvalue weighted by Gasteiger charge is -2.35. The van der Waals surface area contributed by atoms with Crippen molar-refractivity contribution in [1.82, 2.24) is 30.2 Å². The maximum absolute atomic E-state index is 12.1. The number of hydrogen-bond acceptors (Lipinski definition) is 5. The summed E-state index contributed by atoms with van der Waals surface area (Å²) in [5.74, 6) is 0.868. The lowest BCUT2D eigenvalue weighted by atomic mass is 10.2. The van der Waals surface area contributed by atoms with Gasteiger partial charge in [0.1, 0.15) is 5.60 Å². The van der Waals surface area contributed by atoms with Gasteiger partial charge in [-0.1, -0.05) is 0 Å². The summed E-state index contributed by atoms with van der Waals surface area (Å²) < 4.78 is 7.38. The van der Waals surface area contributed by atoms with Crippen molar-refractivity contribution in [3.05, 3.63) is 18.5 Å². The lowest BCUT2D eigenvalue weighted by Crippen LogP contribution is -2.50. The molecule has 10 heteroatoms. The SMILES string of the molecule is CCNC(=NCCCn1cccn1)NCCCN1CCN(C(=O)OC(C)(C)C)CC1.I. The number of nitrogens with zero attached hydrogens (tertiary/aromatic N) is 5. The predicted octanol–water partition coefficient (Wildman–Crippen LogP) is 2.39. The summed E-state index contributed by atoms with van der Waals surface area (Å²) in [5.41, 5.74) is -0.440. The average Bonchev–Trinajstić information content (AvgIpc) is 3.21. The van der Waals surface area contributed by atoms with Crippen LogP contribution in [-0.4, -0.2) is 89.6 Å². The average molecular weight is 550 g/mol. The van der Waals surface area contributed by atoms with Gasteiger partial charge in [-0.2, -0.15) is 5.10 Å². The number of rotatable bonds is 9. The molecule has 0 unspecified atom stereocenters. The van der Waals surface area contributed by atoms with Gasteiger partial charge in [0.25, 0.3) is 0 Å². The predicted molar refractivity (Wildman–Crippen MR) is 135 cm³/mol. The number of amides is 1. The summed E-state index contributed by atoms with van der Waals surface area (Å²) in [6, 6.07) is 1.94. The van der Waals surface area contributed by atoms with Crippen molar-refractivity contribution < 1.29 is 9.53 Å². The normalized spacial score (nSPS) is 15.4. The maximum atomic E-state index is 12.1. The van der Waals surface area contributed by atoms with E-state index in [1.807, 2.05) is 37.7 Å². The molecule has 0 aromatic carbocycles. The van der Waals surface area contributed by atoms with Gasteiger partial charge in [0.2, 0.25) is 0 Å². The molecule has 2 rings (SSSR count). The lowest BCUT2D eigenvalue weighted by molar-refractivity contribution is 0.0145. The van der Waals surface area contributed by atoms with E-state index in [-0.39, 0.29) is 30.1 Å². The highest BCUT2D eigenvalue weighted by molar-refractivity contribution is 14.0. The summed E-state index contributed by atoms with van der Waals surface area (Å²) in [4.78, 5) is 21.0. The Morgan fingerprint density at radius 3 is 2.48 bits per heavy atom. The quantitative estimate of drug-likeness (QED) is 0.213. The van der Waals surface area contributed by atoms with Crippen LogP contribution in [0.1, 0.15) is 40.5 Å². The second kappa shape index (κ2) is 14.5. The van der Waals surface area contributed by atoms with Crippen molar-refractivity contribution in [3.63, 3.8) is 0 Å². The van der Waals surface area contributed by atoms with E-state index in [0.29, 0.717) is 0 Å². The number of halogens is 1. The summed E-state index contributed by atoms with van der Waals surface area (Å²) in [6.07, 6.45) is 5.56. The molecule has 0 spiro atoms. The van der Waals surface area contributed by atoms with Crippen molar-refractivity contribution in [3.8, 4) is 0 Å². The van der Waals surface area contributed by atoms with Gasteiger partial charge in [-0.3, -0.25) is 14.6 Å². The van der Waals surface area contributed by atoms with Crippen LogP contribution in [0.2, 0.25) is 0 Å². The summed E-state index contributed by atoms with van der Waals surface area (Å²) in [6.45, 7) is 15.4. The van der Waals surface area contributed by atoms with Gasteiger partial charge in [-0.05, 0) is 53.1 Å². The molecule has 1 saturated heterocycles. The van der Waals surface area contributed by atoms with Crippen LogP contribution in [0, 0.1) is 0 Å². The number of aryl methyl sites for hydroxylation is 1. The second-order valence-corrected chi connectivity index (χ2v) is 8.47. The largest absolute Gasteiger partial charge is 0.444 e. The Morgan fingerprint density at radius 2 is 1.87 bits per heavy atom. The molecule has 0 radical (unpaired) electrons. The Hall–Kier alpha value is -1.56. The number of carbonyl (C=O) groups excluding carboxylic acids is 1. The Labute approximate surface area is 204 Å². The fourth-order valence-corrected chi connectivity index (χ4v) is 3.19. The van der Waals surface area contributed by atoms with Crippen LogP contribution in [0.5, 0.6) is 0 Å². The van der Waals surface area contributed by atoms with Gasteiger partial charge < -0.3 is 20.3 Å². The van der Waals surface area contributed by atoms with Gasteiger partial charge in [0.15, 0.2) is 5.96 Å². The van der Waals surface area contributed by atoms with Crippen LogP contribution in [0.15, 0.2) is 23.5 Å². The summed E-state index contributed by atoms with van der Waals surface area (Å²) in [7, 11) is 0. The molecule has 2 heterocycles. The molecule has 178 valence electrons. The minimum absolute atomic E-state index is 0. The summed E-state index contributed by atoms with van der Waals surface area (Å²) >= 11 is 0. The fourth-order valence-electron chi connectivity index (χ4n) is 3.19. The van der Waals surface area contributed by atoms with Gasteiger partial charge in [0.05, 0.1) is 0 Å². The number of piperazine rings is 1. The Balaban J connectivity index is 0.00000480. The molecule has 31 heavy (non-hydrogen) atoms. The van der Waals surface area contributed by atoms with E-state index in [1.54, 1.807) is 11.1 Å². The van der Waals surface area contributed by atoms with Crippen LogP contribution in [0.25, 0.3) is 0 Å². The van der Waals surface area contributed by atoms with Gasteiger partial charge >= 0.3 is 6.09 Å². The topological polar surface area (TPSA) is 87.0 Å². The van der Waals surface area contributed by atoms with Crippen LogP contribution in [0.4, 0.5) is 4.79 Å². The third kappa shape index (κ3) is 11.6. The zero-order valence-electron chi connectivity index (χ0n) is 19.5. The summed E-state index contributed by atoms with van der Waals surface area (Å²) in [5, 5.41) is 10.9. The highest BCUT2D eigenvalue weighted by atomic mass is 127. The Bertz CT molecular complexity index is 639. The van der Waals surface area contributed by atoms with E-state index in [0.717, 1.165) is 77.7 Å². The van der Waals surface area contributed by atoms with E-state index >= 15 is 0 Å². The van der Waals surface area contributed by atoms with E-state index in [9.17, 15) is 4.79 Å². The Kier molecular flexibility index (Phi) is 12.8. The first-order valence-electron chi connectivity index (χ1n) is 11.1. The molecule has 1 aromatic rings. The number of aliphatic imine (C=N–C) groups is 1. The number of hydrogen-bond donors (Lipinski definition) is 2. The monoisotopic (exact) mass is 549 g/mol. The standard InChI is InChI=1S/C21H39N7O2.HI/c1-5-22-19(24-10-7-13-28-14-8-11-25-28)23-9-6-12-26-15-17-27(18-16-26)20(29)30-21(2,3)4;/h8,11,14H,5-7,9-10,12-13,15-18H2,1-4H3,(H2,22,23,24);1H. The molecular weight excluding hydrogens is 509 g/mol. The van der Waals surface area contributed by atoms with E-state index in [4.69, 9.17) is 4.74 Å². The third-order valence-corrected chi connectivity index (χ3v) is 4.69. The molecule has 9 nitrogen and oxygen atoms in total.